The minimum absolute atomic E-state index is 0.629. The van der Waals surface area contributed by atoms with Crippen LogP contribution in [0, 0.1) is 13.8 Å². The zero-order chi connectivity index (χ0) is 14.4. The molecule has 0 saturated heterocycles. The van der Waals surface area contributed by atoms with E-state index in [4.69, 9.17) is 0 Å². The quantitative estimate of drug-likeness (QED) is 0.777. The fraction of sp³-hybridized carbons (Fsp3) is 0.375. The number of aryl methyl sites for hydroxylation is 2. The molecule has 2 N–H and O–H groups in total. The number of nitrogens with one attached hydrogen (secondary N) is 2. The first-order valence-electron chi connectivity index (χ1n) is 7.11. The van der Waals surface area contributed by atoms with Crippen LogP contribution in [0.1, 0.15) is 30.9 Å². The van der Waals surface area contributed by atoms with Crippen molar-refractivity contribution in [1.82, 2.24) is 9.97 Å². The van der Waals surface area contributed by atoms with Gasteiger partial charge in [0.2, 0.25) is 5.95 Å². The van der Waals surface area contributed by atoms with E-state index in [-0.39, 0.29) is 0 Å². The molecule has 4 nitrogen and oxygen atoms in total. The smallest absolute Gasteiger partial charge is 0.229 e. The first-order chi connectivity index (χ1) is 9.70. The van der Waals surface area contributed by atoms with Gasteiger partial charge in [0.1, 0.15) is 5.82 Å². The van der Waals surface area contributed by atoms with Crippen molar-refractivity contribution in [3.05, 3.63) is 41.6 Å². The number of unbranched alkanes of at least 4 members (excludes halogenated alkanes) is 1. The minimum Gasteiger partial charge on any atom is -0.370 e. The summed E-state index contributed by atoms with van der Waals surface area (Å²) in [6, 6.07) is 8.11. The number of benzene rings is 1. The number of aromatic nitrogens is 2. The SMILES string of the molecule is CCCCNc1ccnc(Nc2c(C)cccc2C)n1. The molecule has 1 aromatic carbocycles. The Morgan fingerprint density at radius 1 is 1.10 bits per heavy atom. The van der Waals surface area contributed by atoms with Crippen molar-refractivity contribution in [2.75, 3.05) is 17.2 Å². The molecule has 4 heteroatoms. The first kappa shape index (κ1) is 14.3. The van der Waals surface area contributed by atoms with Crippen LogP contribution in [0.2, 0.25) is 0 Å². The van der Waals surface area contributed by atoms with Gasteiger partial charge in [0.05, 0.1) is 0 Å². The predicted octanol–water partition coefficient (Wildman–Crippen LogP) is 4.05. The third-order valence-electron chi connectivity index (χ3n) is 3.21. The van der Waals surface area contributed by atoms with Crippen LogP contribution >= 0.6 is 0 Å². The van der Waals surface area contributed by atoms with Gasteiger partial charge in [0.15, 0.2) is 0 Å². The van der Waals surface area contributed by atoms with Crippen LogP contribution in [0.25, 0.3) is 0 Å². The van der Waals surface area contributed by atoms with E-state index >= 15 is 0 Å². The standard InChI is InChI=1S/C16H22N4/c1-4-5-10-17-14-9-11-18-16(19-14)20-15-12(2)7-6-8-13(15)3/h6-9,11H,4-5,10H2,1-3H3,(H2,17,18,19,20). The number of nitrogens with zero attached hydrogens (tertiary/aromatic N) is 2. The molecule has 0 aliphatic rings. The largest absolute Gasteiger partial charge is 0.370 e. The Bertz CT molecular complexity index is 546. The molecule has 0 aliphatic carbocycles. The third-order valence-corrected chi connectivity index (χ3v) is 3.21. The summed E-state index contributed by atoms with van der Waals surface area (Å²) in [6.45, 7) is 7.28. The Balaban J connectivity index is 2.11. The highest BCUT2D eigenvalue weighted by atomic mass is 15.1. The van der Waals surface area contributed by atoms with E-state index in [1.807, 2.05) is 6.07 Å². The topological polar surface area (TPSA) is 49.8 Å². The van der Waals surface area contributed by atoms with Crippen LogP contribution in [0.3, 0.4) is 0 Å². The lowest BCUT2D eigenvalue weighted by atomic mass is 10.1. The molecular formula is C16H22N4. The van der Waals surface area contributed by atoms with E-state index in [1.54, 1.807) is 6.20 Å². The number of hydrogen-bond donors (Lipinski definition) is 2. The van der Waals surface area contributed by atoms with Gasteiger partial charge in [-0.1, -0.05) is 31.5 Å². The van der Waals surface area contributed by atoms with Gasteiger partial charge in [-0.05, 0) is 37.5 Å². The van der Waals surface area contributed by atoms with Gasteiger partial charge in [-0.25, -0.2) is 4.98 Å². The molecule has 0 aliphatic heterocycles. The van der Waals surface area contributed by atoms with Gasteiger partial charge in [-0.2, -0.15) is 4.98 Å². The van der Waals surface area contributed by atoms with Crippen LogP contribution in [0.5, 0.6) is 0 Å². The molecule has 1 aromatic heterocycles. The second-order valence-electron chi connectivity index (χ2n) is 4.94. The zero-order valence-corrected chi connectivity index (χ0v) is 12.4. The maximum atomic E-state index is 4.49. The summed E-state index contributed by atoms with van der Waals surface area (Å²) in [4.78, 5) is 8.77. The second kappa shape index (κ2) is 6.89. The fourth-order valence-corrected chi connectivity index (χ4v) is 2.03. The van der Waals surface area contributed by atoms with Crippen LogP contribution in [-0.4, -0.2) is 16.5 Å². The minimum atomic E-state index is 0.629. The van der Waals surface area contributed by atoms with Gasteiger partial charge >= 0.3 is 0 Å². The van der Waals surface area contributed by atoms with Crippen LogP contribution in [0.15, 0.2) is 30.5 Å². The highest BCUT2D eigenvalue weighted by Crippen LogP contribution is 2.22. The van der Waals surface area contributed by atoms with Crippen molar-refractivity contribution in [1.29, 1.82) is 0 Å². The predicted molar refractivity (Wildman–Crippen MR) is 84.6 cm³/mol. The molecule has 0 atom stereocenters. The molecule has 0 spiro atoms. The molecule has 1 heterocycles. The van der Waals surface area contributed by atoms with E-state index in [9.17, 15) is 0 Å². The number of hydrogen-bond acceptors (Lipinski definition) is 4. The Morgan fingerprint density at radius 2 is 1.85 bits per heavy atom. The summed E-state index contributed by atoms with van der Waals surface area (Å²) in [7, 11) is 0. The summed E-state index contributed by atoms with van der Waals surface area (Å²) in [5.74, 6) is 1.49. The molecule has 0 saturated carbocycles. The zero-order valence-electron chi connectivity index (χ0n) is 12.4. The fourth-order valence-electron chi connectivity index (χ4n) is 2.03. The molecule has 106 valence electrons. The van der Waals surface area contributed by atoms with E-state index < -0.39 is 0 Å². The summed E-state index contributed by atoms with van der Waals surface area (Å²) < 4.78 is 0. The highest BCUT2D eigenvalue weighted by Gasteiger charge is 2.04. The van der Waals surface area contributed by atoms with Crippen molar-refractivity contribution in [3.63, 3.8) is 0 Å². The van der Waals surface area contributed by atoms with Crippen molar-refractivity contribution < 1.29 is 0 Å². The Hall–Kier alpha value is -2.10. The number of rotatable bonds is 6. The molecule has 2 rings (SSSR count). The average Bonchev–Trinajstić information content (AvgIpc) is 2.44. The Labute approximate surface area is 120 Å². The van der Waals surface area contributed by atoms with E-state index in [0.29, 0.717) is 5.95 Å². The van der Waals surface area contributed by atoms with Crippen LogP contribution < -0.4 is 10.6 Å². The van der Waals surface area contributed by atoms with Gasteiger partial charge < -0.3 is 10.6 Å². The second-order valence-corrected chi connectivity index (χ2v) is 4.94. The van der Waals surface area contributed by atoms with Gasteiger partial charge in [0.25, 0.3) is 0 Å². The van der Waals surface area contributed by atoms with E-state index in [0.717, 1.165) is 24.5 Å². The van der Waals surface area contributed by atoms with Crippen molar-refractivity contribution in [2.45, 2.75) is 33.6 Å². The maximum Gasteiger partial charge on any atom is 0.229 e. The van der Waals surface area contributed by atoms with Gasteiger partial charge in [-0.3, -0.25) is 0 Å². The highest BCUT2D eigenvalue weighted by molar-refractivity contribution is 5.63. The number of anilines is 3. The first-order valence-corrected chi connectivity index (χ1v) is 7.11. The average molecular weight is 270 g/mol. The van der Waals surface area contributed by atoms with Crippen LogP contribution in [0.4, 0.5) is 17.5 Å². The monoisotopic (exact) mass is 270 g/mol. The lowest BCUT2D eigenvalue weighted by Crippen LogP contribution is -2.06. The van der Waals surface area contributed by atoms with Crippen molar-refractivity contribution in [2.24, 2.45) is 0 Å². The van der Waals surface area contributed by atoms with Crippen molar-refractivity contribution in [3.8, 4) is 0 Å². The number of para-hydroxylation sites is 1. The molecule has 0 unspecified atom stereocenters. The normalized spacial score (nSPS) is 10.3. The van der Waals surface area contributed by atoms with E-state index in [1.165, 1.54) is 17.5 Å². The third kappa shape index (κ3) is 3.70. The Morgan fingerprint density at radius 3 is 2.55 bits per heavy atom. The van der Waals surface area contributed by atoms with E-state index in [2.05, 4.69) is 59.6 Å². The molecule has 2 aromatic rings. The lowest BCUT2D eigenvalue weighted by Gasteiger charge is -2.12. The lowest BCUT2D eigenvalue weighted by molar-refractivity contribution is 0.830. The summed E-state index contributed by atoms with van der Waals surface area (Å²) in [5.41, 5.74) is 3.47. The maximum absolute atomic E-state index is 4.49. The molecule has 0 fully saturated rings. The molecule has 0 bridgehead atoms. The van der Waals surface area contributed by atoms with Gasteiger partial charge in [-0.15, -0.1) is 0 Å². The molecule has 0 radical (unpaired) electrons. The van der Waals surface area contributed by atoms with Crippen LogP contribution in [-0.2, 0) is 0 Å². The van der Waals surface area contributed by atoms with Gasteiger partial charge in [0, 0.05) is 18.4 Å². The van der Waals surface area contributed by atoms with Crippen molar-refractivity contribution >= 4 is 17.5 Å². The molecular weight excluding hydrogens is 248 g/mol. The Kier molecular flexibility index (Phi) is 4.93. The molecule has 0 amide bonds. The summed E-state index contributed by atoms with van der Waals surface area (Å²) in [5, 5.41) is 6.62. The summed E-state index contributed by atoms with van der Waals surface area (Å²) >= 11 is 0. The summed E-state index contributed by atoms with van der Waals surface area (Å²) in [6.07, 6.45) is 4.09. The molecule has 20 heavy (non-hydrogen) atoms.